The van der Waals surface area contributed by atoms with Gasteiger partial charge in [-0.3, -0.25) is 14.4 Å². The number of carbonyl (C=O) groups excluding carboxylic acids is 3. The summed E-state index contributed by atoms with van der Waals surface area (Å²) in [5, 5.41) is 3.64. The Labute approximate surface area is 265 Å². The van der Waals surface area contributed by atoms with Crippen molar-refractivity contribution >= 4 is 52.4 Å². The van der Waals surface area contributed by atoms with Crippen molar-refractivity contribution < 1.29 is 19.1 Å². The molecular formula is C36H28Cl2N2O4. The first-order valence-electron chi connectivity index (χ1n) is 14.6. The number of fused-ring (bicyclic) bond motifs is 6. The maximum atomic E-state index is 15.0. The zero-order chi connectivity index (χ0) is 30.6. The van der Waals surface area contributed by atoms with Gasteiger partial charge in [0.05, 0.1) is 23.6 Å². The van der Waals surface area contributed by atoms with E-state index in [4.69, 9.17) is 27.9 Å². The Balaban J connectivity index is 1.48. The quantitative estimate of drug-likeness (QED) is 0.213. The van der Waals surface area contributed by atoms with Crippen molar-refractivity contribution in [3.05, 3.63) is 135 Å². The molecule has 0 unspecified atom stereocenters. The number of rotatable bonds is 7. The monoisotopic (exact) mass is 622 g/mol. The number of carbonyl (C=O) groups is 3. The zero-order valence-electron chi connectivity index (χ0n) is 23.8. The maximum Gasteiger partial charge on any atom is 0.238 e. The molecule has 220 valence electrons. The number of benzene rings is 4. The van der Waals surface area contributed by atoms with Crippen molar-refractivity contribution in [1.29, 1.82) is 0 Å². The lowest BCUT2D eigenvalue weighted by molar-refractivity contribution is -0.122. The third-order valence-electron chi connectivity index (χ3n) is 8.93. The van der Waals surface area contributed by atoms with Crippen molar-refractivity contribution in [2.45, 2.75) is 30.8 Å². The molecule has 1 spiro atoms. The van der Waals surface area contributed by atoms with Crippen LogP contribution in [0.15, 0.2) is 97.2 Å². The molecule has 3 aliphatic rings. The van der Waals surface area contributed by atoms with Crippen molar-refractivity contribution in [2.24, 2.45) is 5.92 Å². The van der Waals surface area contributed by atoms with Crippen LogP contribution in [0.1, 0.15) is 56.8 Å². The number of hydrogen-bond acceptors (Lipinski definition) is 5. The van der Waals surface area contributed by atoms with Crippen LogP contribution in [0.5, 0.6) is 5.75 Å². The highest BCUT2D eigenvalue weighted by atomic mass is 35.5. The summed E-state index contributed by atoms with van der Waals surface area (Å²) in [5.41, 5.74) is 2.29. The number of hydrogen-bond donors (Lipinski definition) is 1. The first-order chi connectivity index (χ1) is 21.4. The van der Waals surface area contributed by atoms with E-state index in [1.54, 1.807) is 36.4 Å². The van der Waals surface area contributed by atoms with Gasteiger partial charge >= 0.3 is 0 Å². The van der Waals surface area contributed by atoms with E-state index in [1.807, 2.05) is 72.6 Å². The average Bonchev–Trinajstić information content (AvgIpc) is 3.51. The van der Waals surface area contributed by atoms with Gasteiger partial charge in [-0.2, -0.15) is 0 Å². The summed E-state index contributed by atoms with van der Waals surface area (Å²) >= 11 is 12.8. The second-order valence-electron chi connectivity index (χ2n) is 11.3. The fourth-order valence-corrected chi connectivity index (χ4v) is 7.63. The second-order valence-corrected chi connectivity index (χ2v) is 12.2. The van der Waals surface area contributed by atoms with Crippen LogP contribution in [0.2, 0.25) is 10.0 Å². The number of nitrogens with one attached hydrogen (secondary N) is 1. The Morgan fingerprint density at radius 1 is 0.932 bits per heavy atom. The Morgan fingerprint density at radius 3 is 2.45 bits per heavy atom. The van der Waals surface area contributed by atoms with Crippen LogP contribution < -0.4 is 10.1 Å². The van der Waals surface area contributed by atoms with Crippen molar-refractivity contribution in [1.82, 2.24) is 4.90 Å². The molecule has 7 rings (SSSR count). The Bertz CT molecular complexity index is 1850. The molecule has 3 aliphatic heterocycles. The number of amides is 1. The highest BCUT2D eigenvalue weighted by Gasteiger charge is 2.70. The molecule has 0 bridgehead atoms. The number of halogens is 2. The molecular weight excluding hydrogens is 595 g/mol. The molecule has 0 saturated carbocycles. The van der Waals surface area contributed by atoms with Gasteiger partial charge in [0, 0.05) is 28.0 Å². The summed E-state index contributed by atoms with van der Waals surface area (Å²) in [7, 11) is 0. The molecule has 1 amide bonds. The molecule has 1 N–H and O–H groups in total. The molecule has 0 aliphatic carbocycles. The first kappa shape index (κ1) is 28.4. The Morgan fingerprint density at radius 2 is 1.68 bits per heavy atom. The van der Waals surface area contributed by atoms with Gasteiger partial charge in [-0.05, 0) is 77.7 Å². The predicted molar refractivity (Wildman–Crippen MR) is 171 cm³/mol. The normalized spacial score (nSPS) is 22.8. The number of nitrogens with zero attached hydrogens (tertiary/aromatic N) is 1. The lowest BCUT2D eigenvalue weighted by Gasteiger charge is -2.38. The number of para-hydroxylation sites is 1. The van der Waals surface area contributed by atoms with Crippen LogP contribution in [-0.2, 0) is 10.2 Å². The minimum Gasteiger partial charge on any atom is -0.494 e. The summed E-state index contributed by atoms with van der Waals surface area (Å²) in [5.74, 6) is -1.46. The standard InChI is InChI=1S/C36H28Cl2N2O4/c1-2-19-44-24-14-11-22(12-15-24)32(41)30-31(33(42)26-16-13-23(37)20-28(26)38)40-18-17-21-7-3-4-8-25(21)34(40)36(30)27-9-5-6-10-29(27)39-35(36)43/h3-18,20,30-31,34H,2,19H2,1H3,(H,39,43)/t30-,31+,34-,36+/m0/s1. The molecule has 6 nitrogen and oxygen atoms in total. The van der Waals surface area contributed by atoms with Gasteiger partial charge in [-0.1, -0.05) is 72.6 Å². The van der Waals surface area contributed by atoms with Gasteiger partial charge in [-0.15, -0.1) is 0 Å². The van der Waals surface area contributed by atoms with Crippen LogP contribution in [0.25, 0.3) is 6.08 Å². The number of Topliss-reactive ketones (excluding diaryl/α,β-unsaturated/α-hetero) is 2. The van der Waals surface area contributed by atoms with Crippen LogP contribution in [0.3, 0.4) is 0 Å². The van der Waals surface area contributed by atoms with Crippen molar-refractivity contribution in [3.63, 3.8) is 0 Å². The van der Waals surface area contributed by atoms with E-state index >= 15 is 0 Å². The third-order valence-corrected chi connectivity index (χ3v) is 9.48. The zero-order valence-corrected chi connectivity index (χ0v) is 25.3. The van der Waals surface area contributed by atoms with Gasteiger partial charge < -0.3 is 15.0 Å². The van der Waals surface area contributed by atoms with E-state index in [2.05, 4.69) is 5.32 Å². The highest BCUT2D eigenvalue weighted by Crippen LogP contribution is 2.62. The van der Waals surface area contributed by atoms with E-state index < -0.39 is 23.4 Å². The van der Waals surface area contributed by atoms with Crippen LogP contribution in [0, 0.1) is 5.92 Å². The number of anilines is 1. The third kappa shape index (κ3) is 4.20. The van der Waals surface area contributed by atoms with Crippen molar-refractivity contribution in [3.8, 4) is 5.75 Å². The Kier molecular flexibility index (Phi) is 7.07. The summed E-state index contributed by atoms with van der Waals surface area (Å²) < 4.78 is 5.76. The van der Waals surface area contributed by atoms with Gasteiger partial charge in [-0.25, -0.2) is 0 Å². The van der Waals surface area contributed by atoms with E-state index in [-0.39, 0.29) is 28.1 Å². The van der Waals surface area contributed by atoms with Crippen LogP contribution >= 0.6 is 23.2 Å². The van der Waals surface area contributed by atoms with Gasteiger partial charge in [0.1, 0.15) is 17.2 Å². The predicted octanol–water partition coefficient (Wildman–Crippen LogP) is 7.76. The molecule has 8 heteroatoms. The Hall–Kier alpha value is -4.39. The molecule has 44 heavy (non-hydrogen) atoms. The number of ether oxygens (including phenoxy) is 1. The molecule has 1 fully saturated rings. The molecule has 1 saturated heterocycles. The van der Waals surface area contributed by atoms with E-state index in [0.717, 1.165) is 17.5 Å². The lowest BCUT2D eigenvalue weighted by Crippen LogP contribution is -2.49. The summed E-state index contributed by atoms with van der Waals surface area (Å²) in [4.78, 5) is 46.1. The first-order valence-corrected chi connectivity index (χ1v) is 15.3. The van der Waals surface area contributed by atoms with Gasteiger partial charge in [0.2, 0.25) is 5.91 Å². The molecule has 3 heterocycles. The minimum atomic E-state index is -1.43. The van der Waals surface area contributed by atoms with Crippen LogP contribution in [-0.4, -0.2) is 35.0 Å². The molecule has 0 radical (unpaired) electrons. The van der Waals surface area contributed by atoms with Crippen molar-refractivity contribution in [2.75, 3.05) is 11.9 Å². The maximum absolute atomic E-state index is 15.0. The van der Waals surface area contributed by atoms with Gasteiger partial charge in [0.15, 0.2) is 11.6 Å². The second kappa shape index (κ2) is 11.0. The molecule has 4 atom stereocenters. The van der Waals surface area contributed by atoms with E-state index in [9.17, 15) is 14.4 Å². The van der Waals surface area contributed by atoms with Crippen LogP contribution in [0.4, 0.5) is 5.69 Å². The average molecular weight is 624 g/mol. The lowest BCUT2D eigenvalue weighted by atomic mass is 9.62. The highest BCUT2D eigenvalue weighted by molar-refractivity contribution is 6.37. The van der Waals surface area contributed by atoms with E-state index in [0.29, 0.717) is 34.2 Å². The molecule has 4 aromatic rings. The fraction of sp³-hybridized carbons (Fsp3) is 0.194. The molecule has 0 aromatic heterocycles. The topological polar surface area (TPSA) is 75.7 Å². The number of ketones is 2. The largest absolute Gasteiger partial charge is 0.494 e. The van der Waals surface area contributed by atoms with Gasteiger partial charge in [0.25, 0.3) is 0 Å². The molecule has 4 aromatic carbocycles. The minimum absolute atomic E-state index is 0.182. The fourth-order valence-electron chi connectivity index (χ4n) is 7.13. The summed E-state index contributed by atoms with van der Waals surface area (Å²) in [6.45, 7) is 2.57. The summed E-state index contributed by atoms with van der Waals surface area (Å²) in [6, 6.07) is 25.2. The summed E-state index contributed by atoms with van der Waals surface area (Å²) in [6.07, 6.45) is 4.61. The van der Waals surface area contributed by atoms with E-state index in [1.165, 1.54) is 6.07 Å². The smallest absolute Gasteiger partial charge is 0.238 e. The SMILES string of the molecule is CCCOc1ccc(C(=O)[C@@H]2[C@H](C(=O)c3ccc(Cl)cc3Cl)N3C=Cc4ccccc4[C@H]3[C@]23C(=O)Nc2ccccc23)cc1.